The molecule has 0 radical (unpaired) electrons. The molecule has 1 fully saturated rings. The van der Waals surface area contributed by atoms with E-state index >= 15 is 0 Å². The number of nitrogens with one attached hydrogen (secondary N) is 1. The molecule has 0 aromatic rings. The van der Waals surface area contributed by atoms with Gasteiger partial charge in [0.05, 0.1) is 6.61 Å². The van der Waals surface area contributed by atoms with Crippen LogP contribution in [0.3, 0.4) is 0 Å². The first-order chi connectivity index (χ1) is 6.22. The molecule has 3 nitrogen and oxygen atoms in total. The molecule has 1 N–H and O–H groups in total. The van der Waals surface area contributed by atoms with Gasteiger partial charge in [-0.05, 0) is 39.2 Å². The molecule has 2 atom stereocenters. The number of hydrogen-bond acceptors (Lipinski definition) is 3. The van der Waals surface area contributed by atoms with Gasteiger partial charge in [-0.25, -0.2) is 0 Å². The predicted molar refractivity (Wildman–Crippen MR) is 51.4 cm³/mol. The number of esters is 1. The molecule has 0 amide bonds. The Morgan fingerprint density at radius 3 is 3.00 bits per heavy atom. The lowest BCUT2D eigenvalue weighted by atomic mass is 9.90. The highest BCUT2D eigenvalue weighted by Gasteiger charge is 2.21. The monoisotopic (exact) mass is 185 g/mol. The van der Waals surface area contributed by atoms with Crippen LogP contribution in [0.15, 0.2) is 0 Å². The van der Waals surface area contributed by atoms with Crippen LogP contribution in [0.5, 0.6) is 0 Å². The Morgan fingerprint density at radius 1 is 1.62 bits per heavy atom. The molecule has 0 aliphatic carbocycles. The molecule has 76 valence electrons. The summed E-state index contributed by atoms with van der Waals surface area (Å²) in [5.74, 6) is 0.483. The molecule has 3 heteroatoms. The molecule has 0 spiro atoms. The lowest BCUT2D eigenvalue weighted by Gasteiger charge is -2.27. The van der Waals surface area contributed by atoms with Crippen molar-refractivity contribution in [3.63, 3.8) is 0 Å². The normalized spacial score (nSPS) is 28.5. The summed E-state index contributed by atoms with van der Waals surface area (Å²) in [4.78, 5) is 11.2. The highest BCUT2D eigenvalue weighted by Crippen LogP contribution is 2.19. The molecule has 13 heavy (non-hydrogen) atoms. The predicted octanol–water partition coefficient (Wildman–Crippen LogP) is 1.33. The highest BCUT2D eigenvalue weighted by atomic mass is 16.5. The van der Waals surface area contributed by atoms with Crippen LogP contribution in [0.25, 0.3) is 0 Å². The SMILES string of the molecule is CCOC(=O)C[C@H]1CCN[C@@H](C)C1. The Labute approximate surface area is 79.8 Å². The number of hydrogen-bond donors (Lipinski definition) is 1. The van der Waals surface area contributed by atoms with Gasteiger partial charge in [0.2, 0.25) is 0 Å². The second-order valence-corrected chi connectivity index (χ2v) is 3.75. The van der Waals surface area contributed by atoms with Gasteiger partial charge in [-0.15, -0.1) is 0 Å². The number of ether oxygens (including phenoxy) is 1. The lowest BCUT2D eigenvalue weighted by molar-refractivity contribution is -0.144. The van der Waals surface area contributed by atoms with Crippen LogP contribution in [0.4, 0.5) is 0 Å². The van der Waals surface area contributed by atoms with Crippen LogP contribution < -0.4 is 5.32 Å². The summed E-state index contributed by atoms with van der Waals surface area (Å²) in [5.41, 5.74) is 0. The van der Waals surface area contributed by atoms with Crippen LogP contribution >= 0.6 is 0 Å². The van der Waals surface area contributed by atoms with Crippen molar-refractivity contribution >= 4 is 5.97 Å². The first-order valence-corrected chi connectivity index (χ1v) is 5.11. The maximum absolute atomic E-state index is 11.2. The largest absolute Gasteiger partial charge is 0.466 e. The fourth-order valence-corrected chi connectivity index (χ4v) is 1.88. The third-order valence-electron chi connectivity index (χ3n) is 2.49. The Hall–Kier alpha value is -0.570. The van der Waals surface area contributed by atoms with E-state index in [1.165, 1.54) is 0 Å². The summed E-state index contributed by atoms with van der Waals surface area (Å²) >= 11 is 0. The highest BCUT2D eigenvalue weighted by molar-refractivity contribution is 5.69. The molecular weight excluding hydrogens is 166 g/mol. The number of piperidine rings is 1. The molecule has 0 aromatic carbocycles. The summed E-state index contributed by atoms with van der Waals surface area (Å²) in [7, 11) is 0. The minimum atomic E-state index is -0.0402. The quantitative estimate of drug-likeness (QED) is 0.674. The van der Waals surface area contributed by atoms with E-state index in [9.17, 15) is 4.79 Å². The molecule has 0 aromatic heterocycles. The Bertz CT molecular complexity index is 170. The first kappa shape index (κ1) is 10.5. The topological polar surface area (TPSA) is 38.3 Å². The molecule has 0 bridgehead atoms. The summed E-state index contributed by atoms with van der Waals surface area (Å²) in [5, 5.41) is 3.37. The van der Waals surface area contributed by atoms with Crippen LogP contribution in [-0.4, -0.2) is 25.2 Å². The average Bonchev–Trinajstić information content (AvgIpc) is 2.04. The van der Waals surface area contributed by atoms with E-state index in [1.54, 1.807) is 0 Å². The van der Waals surface area contributed by atoms with Gasteiger partial charge in [0.25, 0.3) is 0 Å². The van der Waals surface area contributed by atoms with Gasteiger partial charge in [-0.3, -0.25) is 4.79 Å². The van der Waals surface area contributed by atoms with Crippen molar-refractivity contribution in [1.29, 1.82) is 0 Å². The molecule has 1 aliphatic rings. The standard InChI is InChI=1S/C10H19NO2/c1-3-13-10(12)7-9-4-5-11-8(2)6-9/h8-9,11H,3-7H2,1-2H3/t8-,9-/m0/s1. The van der Waals surface area contributed by atoms with Crippen molar-refractivity contribution in [2.75, 3.05) is 13.2 Å². The van der Waals surface area contributed by atoms with E-state index in [0.29, 0.717) is 25.0 Å². The van der Waals surface area contributed by atoms with E-state index in [0.717, 1.165) is 19.4 Å². The Kier molecular flexibility index (Phi) is 4.22. The van der Waals surface area contributed by atoms with Crippen molar-refractivity contribution < 1.29 is 9.53 Å². The number of carbonyl (C=O) groups is 1. The van der Waals surface area contributed by atoms with E-state index in [-0.39, 0.29) is 5.97 Å². The van der Waals surface area contributed by atoms with Gasteiger partial charge in [-0.1, -0.05) is 0 Å². The van der Waals surface area contributed by atoms with E-state index < -0.39 is 0 Å². The van der Waals surface area contributed by atoms with Crippen LogP contribution in [0.2, 0.25) is 0 Å². The van der Waals surface area contributed by atoms with E-state index in [4.69, 9.17) is 4.74 Å². The summed E-state index contributed by atoms with van der Waals surface area (Å²) in [6, 6.07) is 0.549. The Balaban J connectivity index is 2.23. The zero-order chi connectivity index (χ0) is 9.68. The van der Waals surface area contributed by atoms with Crippen molar-refractivity contribution in [2.24, 2.45) is 5.92 Å². The zero-order valence-corrected chi connectivity index (χ0v) is 8.51. The smallest absolute Gasteiger partial charge is 0.306 e. The molecule has 1 heterocycles. The number of rotatable bonds is 3. The van der Waals surface area contributed by atoms with Crippen molar-refractivity contribution in [3.05, 3.63) is 0 Å². The second-order valence-electron chi connectivity index (χ2n) is 3.75. The van der Waals surface area contributed by atoms with Crippen LogP contribution in [0.1, 0.15) is 33.1 Å². The molecule has 0 unspecified atom stereocenters. The van der Waals surface area contributed by atoms with Gasteiger partial charge < -0.3 is 10.1 Å². The molecule has 1 saturated heterocycles. The van der Waals surface area contributed by atoms with Crippen molar-refractivity contribution in [3.8, 4) is 0 Å². The van der Waals surface area contributed by atoms with Gasteiger partial charge in [0, 0.05) is 12.5 Å². The fraction of sp³-hybridized carbons (Fsp3) is 0.900. The van der Waals surface area contributed by atoms with Crippen LogP contribution in [0, 0.1) is 5.92 Å². The third kappa shape index (κ3) is 3.77. The summed E-state index contributed by atoms with van der Waals surface area (Å²) in [6.07, 6.45) is 2.79. The number of carbonyl (C=O) groups excluding carboxylic acids is 1. The third-order valence-corrected chi connectivity index (χ3v) is 2.49. The fourth-order valence-electron chi connectivity index (χ4n) is 1.88. The maximum Gasteiger partial charge on any atom is 0.306 e. The van der Waals surface area contributed by atoms with Crippen molar-refractivity contribution in [1.82, 2.24) is 5.32 Å². The van der Waals surface area contributed by atoms with Gasteiger partial charge in [0.15, 0.2) is 0 Å². The molecule has 1 aliphatic heterocycles. The van der Waals surface area contributed by atoms with E-state index in [2.05, 4.69) is 12.2 Å². The average molecular weight is 185 g/mol. The molecular formula is C10H19NO2. The van der Waals surface area contributed by atoms with Gasteiger partial charge >= 0.3 is 5.97 Å². The minimum absolute atomic E-state index is 0.0402. The molecule has 0 saturated carbocycles. The zero-order valence-electron chi connectivity index (χ0n) is 8.51. The van der Waals surface area contributed by atoms with E-state index in [1.807, 2.05) is 6.92 Å². The van der Waals surface area contributed by atoms with Crippen molar-refractivity contribution in [2.45, 2.75) is 39.2 Å². The van der Waals surface area contributed by atoms with Gasteiger partial charge in [-0.2, -0.15) is 0 Å². The Morgan fingerprint density at radius 2 is 2.38 bits per heavy atom. The maximum atomic E-state index is 11.2. The van der Waals surface area contributed by atoms with Gasteiger partial charge in [0.1, 0.15) is 0 Å². The van der Waals surface area contributed by atoms with Crippen LogP contribution in [-0.2, 0) is 9.53 Å². The first-order valence-electron chi connectivity index (χ1n) is 5.11. The summed E-state index contributed by atoms with van der Waals surface area (Å²) < 4.78 is 4.92. The molecule has 1 rings (SSSR count). The minimum Gasteiger partial charge on any atom is -0.466 e. The lowest BCUT2D eigenvalue weighted by Crippen LogP contribution is -2.36. The second kappa shape index (κ2) is 5.22. The summed E-state index contributed by atoms with van der Waals surface area (Å²) in [6.45, 7) is 5.55.